The van der Waals surface area contributed by atoms with Crippen LogP contribution in [0.25, 0.3) is 0 Å². The summed E-state index contributed by atoms with van der Waals surface area (Å²) >= 11 is 0. The molecule has 2 heterocycles. The number of likely N-dealkylation sites (tertiary alicyclic amines) is 1. The van der Waals surface area contributed by atoms with Crippen LogP contribution in [0.15, 0.2) is 42.5 Å². The molecule has 200 valence electrons. The molecule has 0 aromatic heterocycles. The molecule has 1 fully saturated rings. The van der Waals surface area contributed by atoms with Gasteiger partial charge in [-0.25, -0.2) is 8.78 Å². The lowest BCUT2D eigenvalue weighted by atomic mass is 9.87. The van der Waals surface area contributed by atoms with Crippen molar-refractivity contribution in [3.63, 3.8) is 0 Å². The van der Waals surface area contributed by atoms with Crippen LogP contribution in [-0.2, 0) is 29.0 Å². The molecule has 37 heavy (non-hydrogen) atoms. The molecule has 5 atom stereocenters. The van der Waals surface area contributed by atoms with Crippen molar-refractivity contribution in [1.82, 2.24) is 15.5 Å². The molecule has 2 aromatic carbocycles. The number of hydrogen-bond acceptors (Lipinski definition) is 4. The van der Waals surface area contributed by atoms with Gasteiger partial charge >= 0.3 is 0 Å². The number of benzene rings is 2. The van der Waals surface area contributed by atoms with Gasteiger partial charge in [0.2, 0.25) is 11.8 Å². The summed E-state index contributed by atoms with van der Waals surface area (Å²) in [6.07, 6.45) is 1.97. The first kappa shape index (κ1) is 27.2. The lowest BCUT2D eigenvalue weighted by molar-refractivity contribution is -0.133. The van der Waals surface area contributed by atoms with Gasteiger partial charge < -0.3 is 20.6 Å². The number of halogens is 2. The van der Waals surface area contributed by atoms with E-state index in [0.717, 1.165) is 30.0 Å². The van der Waals surface area contributed by atoms with E-state index in [-0.39, 0.29) is 24.3 Å². The maximum Gasteiger partial charge on any atom is 0.226 e. The van der Waals surface area contributed by atoms with Gasteiger partial charge in [-0.1, -0.05) is 44.5 Å². The van der Waals surface area contributed by atoms with Crippen LogP contribution in [-0.4, -0.2) is 53.1 Å². The molecule has 0 saturated carbocycles. The Labute approximate surface area is 217 Å². The number of carbonyl (C=O) groups is 2. The maximum atomic E-state index is 13.9. The fraction of sp³-hybridized carbons (Fsp3) is 0.517. The van der Waals surface area contributed by atoms with Gasteiger partial charge in [0.1, 0.15) is 11.6 Å². The van der Waals surface area contributed by atoms with Crippen LogP contribution in [0, 0.1) is 23.5 Å². The van der Waals surface area contributed by atoms with Gasteiger partial charge in [0.25, 0.3) is 0 Å². The van der Waals surface area contributed by atoms with E-state index < -0.39 is 35.6 Å². The fourth-order valence-corrected chi connectivity index (χ4v) is 5.67. The number of rotatable bonds is 10. The largest absolute Gasteiger partial charge is 0.389 e. The normalized spacial score (nSPS) is 23.0. The van der Waals surface area contributed by atoms with E-state index in [4.69, 9.17) is 0 Å². The van der Waals surface area contributed by atoms with Gasteiger partial charge in [0.05, 0.1) is 24.0 Å². The molecule has 6 nitrogen and oxygen atoms in total. The number of aliphatic hydroxyl groups is 1. The van der Waals surface area contributed by atoms with Crippen molar-refractivity contribution in [2.45, 2.75) is 70.7 Å². The standard InChI is InChI=1S/C29H37F2N3O3/c1-3-5-10-34-17-24(23(4-2)29(34)37)28(36)33-26(13-18-11-21(30)15-22(31)12-18)27(35)25-14-19-8-6-7-9-20(19)16-32-25/h6-9,11-12,15,23-27,32,35H,3-5,10,13-14,16-17H2,1-2H3,(H,33,36)/t23?,24-,25-,26+,27-/m1/s1. The maximum absolute atomic E-state index is 13.9. The van der Waals surface area contributed by atoms with Crippen LogP contribution < -0.4 is 10.6 Å². The Morgan fingerprint density at radius 1 is 1.16 bits per heavy atom. The summed E-state index contributed by atoms with van der Waals surface area (Å²) in [5.41, 5.74) is 2.62. The minimum absolute atomic E-state index is 0.00838. The average Bonchev–Trinajstić information content (AvgIpc) is 3.20. The van der Waals surface area contributed by atoms with Gasteiger partial charge in [-0.15, -0.1) is 0 Å². The zero-order valence-corrected chi connectivity index (χ0v) is 21.6. The van der Waals surface area contributed by atoms with E-state index in [9.17, 15) is 23.5 Å². The molecule has 2 aliphatic heterocycles. The SMILES string of the molecule is CCCCN1C[C@@H](C(=O)N[C@@H](Cc2cc(F)cc(F)c2)[C@H](O)[C@H]2Cc3ccccc3CN2)C(CC)C1=O. The Balaban J connectivity index is 1.55. The van der Waals surface area contributed by atoms with Crippen molar-refractivity contribution in [3.05, 3.63) is 70.8 Å². The highest BCUT2D eigenvalue weighted by Crippen LogP contribution is 2.29. The Bertz CT molecular complexity index is 1090. The van der Waals surface area contributed by atoms with Gasteiger partial charge in [-0.2, -0.15) is 0 Å². The first-order valence-electron chi connectivity index (χ1n) is 13.3. The zero-order chi connectivity index (χ0) is 26.5. The van der Waals surface area contributed by atoms with Crippen molar-refractivity contribution in [1.29, 1.82) is 0 Å². The molecule has 1 saturated heterocycles. The van der Waals surface area contributed by atoms with Crippen LogP contribution in [0.5, 0.6) is 0 Å². The number of unbranched alkanes of at least 4 members (excludes halogenated alkanes) is 1. The van der Waals surface area contributed by atoms with Crippen LogP contribution in [0.1, 0.15) is 49.8 Å². The Kier molecular flexibility index (Phi) is 8.92. The number of aliphatic hydroxyl groups excluding tert-OH is 1. The van der Waals surface area contributed by atoms with Crippen molar-refractivity contribution in [2.75, 3.05) is 13.1 Å². The monoisotopic (exact) mass is 513 g/mol. The van der Waals surface area contributed by atoms with E-state index in [1.807, 2.05) is 31.2 Å². The minimum Gasteiger partial charge on any atom is -0.389 e. The molecule has 0 aliphatic carbocycles. The summed E-state index contributed by atoms with van der Waals surface area (Å²) in [6, 6.07) is 10.1. The van der Waals surface area contributed by atoms with Gasteiger partial charge in [-0.3, -0.25) is 9.59 Å². The topological polar surface area (TPSA) is 81.7 Å². The van der Waals surface area contributed by atoms with Crippen molar-refractivity contribution >= 4 is 11.8 Å². The lowest BCUT2D eigenvalue weighted by Gasteiger charge is -2.35. The summed E-state index contributed by atoms with van der Waals surface area (Å²) in [7, 11) is 0. The Morgan fingerprint density at radius 3 is 2.54 bits per heavy atom. The number of nitrogens with zero attached hydrogens (tertiary/aromatic N) is 1. The average molecular weight is 514 g/mol. The van der Waals surface area contributed by atoms with Gasteiger partial charge in [0, 0.05) is 31.7 Å². The number of fused-ring (bicyclic) bond motifs is 1. The number of carbonyl (C=O) groups excluding carboxylic acids is 2. The summed E-state index contributed by atoms with van der Waals surface area (Å²) in [4.78, 5) is 28.2. The minimum atomic E-state index is -1.02. The van der Waals surface area contributed by atoms with Crippen LogP contribution in [0.2, 0.25) is 0 Å². The first-order chi connectivity index (χ1) is 17.8. The van der Waals surface area contributed by atoms with Crippen molar-refractivity contribution in [2.24, 2.45) is 11.8 Å². The first-order valence-corrected chi connectivity index (χ1v) is 13.3. The van der Waals surface area contributed by atoms with Crippen LogP contribution >= 0.6 is 0 Å². The summed E-state index contributed by atoms with van der Waals surface area (Å²) in [5.74, 6) is -2.69. The van der Waals surface area contributed by atoms with Gasteiger partial charge in [0.15, 0.2) is 0 Å². The highest BCUT2D eigenvalue weighted by Gasteiger charge is 2.44. The number of nitrogens with one attached hydrogen (secondary N) is 2. The second kappa shape index (κ2) is 12.1. The lowest BCUT2D eigenvalue weighted by Crippen LogP contribution is -2.56. The second-order valence-corrected chi connectivity index (χ2v) is 10.3. The third-order valence-electron chi connectivity index (χ3n) is 7.73. The van der Waals surface area contributed by atoms with Crippen LogP contribution in [0.4, 0.5) is 8.78 Å². The molecule has 2 aromatic rings. The van der Waals surface area contributed by atoms with E-state index in [2.05, 4.69) is 17.6 Å². The third kappa shape index (κ3) is 6.36. The van der Waals surface area contributed by atoms with E-state index in [0.29, 0.717) is 38.0 Å². The predicted molar refractivity (Wildman–Crippen MR) is 138 cm³/mol. The molecule has 1 unspecified atom stereocenters. The molecule has 0 spiro atoms. The quantitative estimate of drug-likeness (QED) is 0.455. The Morgan fingerprint density at radius 2 is 1.86 bits per heavy atom. The molecule has 8 heteroatoms. The molecule has 4 rings (SSSR count). The molecule has 2 aliphatic rings. The smallest absolute Gasteiger partial charge is 0.226 e. The van der Waals surface area contributed by atoms with E-state index >= 15 is 0 Å². The highest BCUT2D eigenvalue weighted by atomic mass is 19.1. The van der Waals surface area contributed by atoms with Crippen LogP contribution in [0.3, 0.4) is 0 Å². The summed E-state index contributed by atoms with van der Waals surface area (Å²) < 4.78 is 27.9. The zero-order valence-electron chi connectivity index (χ0n) is 21.6. The Hall–Kier alpha value is -2.84. The van der Waals surface area contributed by atoms with E-state index in [1.54, 1.807) is 4.90 Å². The number of hydrogen-bond donors (Lipinski definition) is 3. The fourth-order valence-electron chi connectivity index (χ4n) is 5.67. The number of amides is 2. The summed E-state index contributed by atoms with van der Waals surface area (Å²) in [5, 5.41) is 17.8. The third-order valence-corrected chi connectivity index (χ3v) is 7.73. The van der Waals surface area contributed by atoms with E-state index in [1.165, 1.54) is 12.1 Å². The second-order valence-electron chi connectivity index (χ2n) is 10.3. The molecule has 2 amide bonds. The molecule has 3 N–H and O–H groups in total. The van der Waals surface area contributed by atoms with Crippen molar-refractivity contribution < 1.29 is 23.5 Å². The molecule has 0 radical (unpaired) electrons. The van der Waals surface area contributed by atoms with Gasteiger partial charge in [-0.05, 0) is 54.5 Å². The predicted octanol–water partition coefficient (Wildman–Crippen LogP) is 3.35. The molecule has 0 bridgehead atoms. The molecular formula is C29H37F2N3O3. The summed E-state index contributed by atoms with van der Waals surface area (Å²) in [6.45, 7) is 5.50. The molecular weight excluding hydrogens is 476 g/mol. The van der Waals surface area contributed by atoms with Crippen molar-refractivity contribution in [3.8, 4) is 0 Å². The highest BCUT2D eigenvalue weighted by molar-refractivity contribution is 5.91.